The molecule has 0 spiro atoms. The second-order valence-electron chi connectivity index (χ2n) is 8.76. The van der Waals surface area contributed by atoms with Gasteiger partial charge in [-0.05, 0) is 54.8 Å². The molecule has 0 saturated heterocycles. The summed E-state index contributed by atoms with van der Waals surface area (Å²) in [6.07, 6.45) is 0.763. The van der Waals surface area contributed by atoms with E-state index in [0.717, 1.165) is 21.8 Å². The van der Waals surface area contributed by atoms with E-state index < -0.39 is 0 Å². The van der Waals surface area contributed by atoms with Crippen LogP contribution < -0.4 is 5.32 Å². The van der Waals surface area contributed by atoms with Crippen molar-refractivity contribution in [2.24, 2.45) is 0 Å². The molecule has 1 N–H and O–H groups in total. The van der Waals surface area contributed by atoms with Crippen molar-refractivity contribution >= 4 is 29.3 Å². The second kappa shape index (κ2) is 12.2. The standard InChI is InChI=1S/C31H30N2O2S/c1-23-13-16-28(17-14-23)36-30-18-15-27(21-29(30)32-24(2)34)31(35)33(22-26-11-7-4-8-12-26)20-19-25-9-5-3-6-10-25/h3-18,21H,19-20,22H2,1-2H3,(H,32,34). The molecule has 0 atom stereocenters. The molecule has 4 rings (SSSR count). The Kier molecular flexibility index (Phi) is 8.58. The predicted molar refractivity (Wildman–Crippen MR) is 147 cm³/mol. The lowest BCUT2D eigenvalue weighted by Gasteiger charge is -2.24. The normalized spacial score (nSPS) is 10.6. The molecule has 36 heavy (non-hydrogen) atoms. The summed E-state index contributed by atoms with van der Waals surface area (Å²) in [7, 11) is 0. The van der Waals surface area contributed by atoms with Gasteiger partial charge in [0.25, 0.3) is 5.91 Å². The number of nitrogens with zero attached hydrogens (tertiary/aromatic N) is 1. The maximum atomic E-state index is 13.7. The third-order valence-corrected chi connectivity index (χ3v) is 6.89. The summed E-state index contributed by atoms with van der Waals surface area (Å²) < 4.78 is 0. The van der Waals surface area contributed by atoms with E-state index >= 15 is 0 Å². The minimum Gasteiger partial charge on any atom is -0.334 e. The molecule has 4 nitrogen and oxygen atoms in total. The Bertz CT molecular complexity index is 1310. The van der Waals surface area contributed by atoms with Crippen molar-refractivity contribution in [3.8, 4) is 0 Å². The van der Waals surface area contributed by atoms with Gasteiger partial charge in [0.1, 0.15) is 0 Å². The molecule has 182 valence electrons. The van der Waals surface area contributed by atoms with Crippen LogP contribution in [0.1, 0.15) is 34.0 Å². The van der Waals surface area contributed by atoms with Crippen LogP contribution in [0.15, 0.2) is 113 Å². The van der Waals surface area contributed by atoms with Gasteiger partial charge in [-0.1, -0.05) is 90.1 Å². The first kappa shape index (κ1) is 25.3. The van der Waals surface area contributed by atoms with Gasteiger partial charge in [-0.2, -0.15) is 0 Å². The number of aryl methyl sites for hydroxylation is 1. The van der Waals surface area contributed by atoms with Gasteiger partial charge in [0.05, 0.1) is 5.69 Å². The van der Waals surface area contributed by atoms with E-state index in [2.05, 4.69) is 48.6 Å². The lowest BCUT2D eigenvalue weighted by molar-refractivity contribution is -0.114. The maximum absolute atomic E-state index is 13.7. The average molecular weight is 495 g/mol. The van der Waals surface area contributed by atoms with Gasteiger partial charge in [0, 0.05) is 35.4 Å². The molecule has 0 heterocycles. The van der Waals surface area contributed by atoms with Crippen LogP contribution in [0.2, 0.25) is 0 Å². The van der Waals surface area contributed by atoms with E-state index in [-0.39, 0.29) is 11.8 Å². The number of rotatable bonds is 9. The molecule has 2 amide bonds. The van der Waals surface area contributed by atoms with Crippen molar-refractivity contribution in [2.75, 3.05) is 11.9 Å². The van der Waals surface area contributed by atoms with Gasteiger partial charge < -0.3 is 10.2 Å². The van der Waals surface area contributed by atoms with Crippen LogP contribution in [0.5, 0.6) is 0 Å². The Balaban J connectivity index is 1.60. The SMILES string of the molecule is CC(=O)Nc1cc(C(=O)N(CCc2ccccc2)Cc2ccccc2)ccc1Sc1ccc(C)cc1. The number of benzene rings is 4. The largest absolute Gasteiger partial charge is 0.334 e. The van der Waals surface area contributed by atoms with E-state index in [1.807, 2.05) is 65.6 Å². The van der Waals surface area contributed by atoms with Gasteiger partial charge in [0.15, 0.2) is 0 Å². The molecule has 0 aliphatic carbocycles. The smallest absolute Gasteiger partial charge is 0.254 e. The van der Waals surface area contributed by atoms with Gasteiger partial charge in [-0.25, -0.2) is 0 Å². The van der Waals surface area contributed by atoms with Crippen LogP contribution in [0.3, 0.4) is 0 Å². The topological polar surface area (TPSA) is 49.4 Å². The van der Waals surface area contributed by atoms with Crippen LogP contribution in [0, 0.1) is 6.92 Å². The molecule has 4 aromatic carbocycles. The Morgan fingerprint density at radius 3 is 2.08 bits per heavy atom. The number of anilines is 1. The Morgan fingerprint density at radius 1 is 0.806 bits per heavy atom. The summed E-state index contributed by atoms with van der Waals surface area (Å²) in [5.74, 6) is -0.233. The van der Waals surface area contributed by atoms with Gasteiger partial charge in [-0.15, -0.1) is 0 Å². The summed E-state index contributed by atoms with van der Waals surface area (Å²) in [5, 5.41) is 2.92. The molecule has 5 heteroatoms. The van der Waals surface area contributed by atoms with Gasteiger partial charge in [-0.3, -0.25) is 9.59 Å². The Morgan fingerprint density at radius 2 is 1.44 bits per heavy atom. The summed E-state index contributed by atoms with van der Waals surface area (Å²) in [6, 6.07) is 34.0. The summed E-state index contributed by atoms with van der Waals surface area (Å²) in [4.78, 5) is 29.5. The van der Waals surface area contributed by atoms with Gasteiger partial charge >= 0.3 is 0 Å². The van der Waals surface area contributed by atoms with Crippen molar-refractivity contribution in [1.82, 2.24) is 4.90 Å². The molecular formula is C31H30N2O2S. The highest BCUT2D eigenvalue weighted by atomic mass is 32.2. The molecular weight excluding hydrogens is 464 g/mol. The van der Waals surface area contributed by atoms with Gasteiger partial charge in [0.2, 0.25) is 5.91 Å². The average Bonchev–Trinajstić information content (AvgIpc) is 2.89. The highest BCUT2D eigenvalue weighted by Gasteiger charge is 2.19. The fraction of sp³-hybridized carbons (Fsp3) is 0.161. The molecule has 0 radical (unpaired) electrons. The van der Waals surface area contributed by atoms with Crippen molar-refractivity contribution in [3.63, 3.8) is 0 Å². The molecule has 0 unspecified atom stereocenters. The summed E-state index contributed by atoms with van der Waals surface area (Å²) in [5.41, 5.74) is 4.65. The third kappa shape index (κ3) is 7.09. The molecule has 0 saturated carbocycles. The highest BCUT2D eigenvalue weighted by molar-refractivity contribution is 7.99. The number of hydrogen-bond acceptors (Lipinski definition) is 3. The van der Waals surface area contributed by atoms with Crippen molar-refractivity contribution < 1.29 is 9.59 Å². The monoisotopic (exact) mass is 494 g/mol. The zero-order valence-corrected chi connectivity index (χ0v) is 21.4. The molecule has 0 aromatic heterocycles. The fourth-order valence-corrected chi connectivity index (χ4v) is 4.80. The molecule has 0 fully saturated rings. The highest BCUT2D eigenvalue weighted by Crippen LogP contribution is 2.34. The van der Waals surface area contributed by atoms with E-state index in [9.17, 15) is 9.59 Å². The number of amides is 2. The number of carbonyl (C=O) groups is 2. The first-order valence-corrected chi connectivity index (χ1v) is 12.8. The third-order valence-electron chi connectivity index (χ3n) is 5.80. The maximum Gasteiger partial charge on any atom is 0.254 e. The molecule has 4 aromatic rings. The van der Waals surface area contributed by atoms with Crippen LogP contribution in [-0.4, -0.2) is 23.3 Å². The van der Waals surface area contributed by atoms with Crippen LogP contribution in [0.25, 0.3) is 0 Å². The number of nitrogens with one attached hydrogen (secondary N) is 1. The van der Waals surface area contributed by atoms with Crippen molar-refractivity contribution in [3.05, 3.63) is 125 Å². The Labute approximate surface area is 217 Å². The molecule has 0 aliphatic rings. The minimum absolute atomic E-state index is 0.0618. The number of carbonyl (C=O) groups excluding carboxylic acids is 2. The van der Waals surface area contributed by atoms with E-state index in [1.54, 1.807) is 17.8 Å². The first-order valence-electron chi connectivity index (χ1n) is 12.0. The lowest BCUT2D eigenvalue weighted by Crippen LogP contribution is -2.32. The fourth-order valence-electron chi connectivity index (χ4n) is 3.92. The summed E-state index contributed by atoms with van der Waals surface area (Å²) in [6.45, 7) is 4.64. The second-order valence-corrected chi connectivity index (χ2v) is 9.87. The predicted octanol–water partition coefficient (Wildman–Crippen LogP) is 6.99. The summed E-state index contributed by atoms with van der Waals surface area (Å²) >= 11 is 1.56. The first-order chi connectivity index (χ1) is 17.5. The van der Waals surface area contributed by atoms with E-state index in [4.69, 9.17) is 0 Å². The van der Waals surface area contributed by atoms with Crippen LogP contribution in [-0.2, 0) is 17.8 Å². The van der Waals surface area contributed by atoms with E-state index in [0.29, 0.717) is 24.3 Å². The number of hydrogen-bond donors (Lipinski definition) is 1. The quantitative estimate of drug-likeness (QED) is 0.273. The van der Waals surface area contributed by atoms with Crippen molar-refractivity contribution in [2.45, 2.75) is 36.6 Å². The van der Waals surface area contributed by atoms with E-state index in [1.165, 1.54) is 18.1 Å². The van der Waals surface area contributed by atoms with Crippen molar-refractivity contribution in [1.29, 1.82) is 0 Å². The lowest BCUT2D eigenvalue weighted by atomic mass is 10.1. The molecule has 0 aliphatic heterocycles. The minimum atomic E-state index is -0.171. The Hall–Kier alpha value is -3.83. The zero-order chi connectivity index (χ0) is 25.3. The van der Waals surface area contributed by atoms with Crippen LogP contribution in [0.4, 0.5) is 5.69 Å². The zero-order valence-electron chi connectivity index (χ0n) is 20.6. The molecule has 0 bridgehead atoms. The van der Waals surface area contributed by atoms with Crippen LogP contribution >= 0.6 is 11.8 Å².